The lowest BCUT2D eigenvalue weighted by Gasteiger charge is -2.34. The second kappa shape index (κ2) is 9.80. The van der Waals surface area contributed by atoms with Crippen LogP contribution in [0.25, 0.3) is 0 Å². The fraction of sp³-hybridized carbons (Fsp3) is 0.286. The molecule has 180 valence electrons. The molecular formula is C28H28N2O5. The topological polar surface area (TPSA) is 95.5 Å². The number of benzene rings is 2. The van der Waals surface area contributed by atoms with Crippen molar-refractivity contribution in [2.45, 2.75) is 51.0 Å². The van der Waals surface area contributed by atoms with E-state index in [1.165, 1.54) is 12.2 Å². The van der Waals surface area contributed by atoms with Crippen LogP contribution >= 0.6 is 0 Å². The molecule has 0 saturated carbocycles. The number of ether oxygens (including phenoxy) is 1. The maximum Gasteiger partial charge on any atom is 0.354 e. The lowest BCUT2D eigenvalue weighted by atomic mass is 9.86. The lowest BCUT2D eigenvalue weighted by molar-refractivity contribution is -0.692. The standard InChI is InChI=1S/C28H28N2O5/c1-21-13-15-27(29(31)32,19-25(21)17-23-9-5-3-6-10-23)35-28(30(33)34)16-14-22(2)26(20-28)18-24-11-7-4-8-12-24/h3-16H,17-20H2,1-2H3. The van der Waals surface area contributed by atoms with E-state index in [0.29, 0.717) is 12.8 Å². The molecule has 0 saturated heterocycles. The molecule has 2 aromatic rings. The summed E-state index contributed by atoms with van der Waals surface area (Å²) in [7, 11) is 0. The van der Waals surface area contributed by atoms with Gasteiger partial charge in [0.05, 0.1) is 22.7 Å². The summed E-state index contributed by atoms with van der Waals surface area (Å²) in [4.78, 5) is 23.7. The summed E-state index contributed by atoms with van der Waals surface area (Å²) in [5, 5.41) is 24.8. The molecule has 7 nitrogen and oxygen atoms in total. The molecule has 2 aliphatic rings. The fourth-order valence-electron chi connectivity index (χ4n) is 4.61. The van der Waals surface area contributed by atoms with Gasteiger partial charge in [0.15, 0.2) is 0 Å². The molecule has 0 aromatic heterocycles. The first-order valence-corrected chi connectivity index (χ1v) is 11.6. The summed E-state index contributed by atoms with van der Waals surface area (Å²) in [6.07, 6.45) is 6.92. The molecule has 0 amide bonds. The van der Waals surface area contributed by atoms with Crippen molar-refractivity contribution in [2.24, 2.45) is 0 Å². The van der Waals surface area contributed by atoms with Crippen LogP contribution in [-0.4, -0.2) is 21.3 Å². The highest BCUT2D eigenvalue weighted by Crippen LogP contribution is 2.41. The van der Waals surface area contributed by atoms with Crippen LogP contribution in [0.5, 0.6) is 0 Å². The number of hydrogen-bond donors (Lipinski definition) is 0. The van der Waals surface area contributed by atoms with Crippen molar-refractivity contribution in [1.29, 1.82) is 0 Å². The maximum absolute atomic E-state index is 12.4. The number of nitrogens with zero attached hydrogens (tertiary/aromatic N) is 2. The molecule has 0 fully saturated rings. The van der Waals surface area contributed by atoms with Gasteiger partial charge in [-0.1, -0.05) is 95.1 Å². The Morgan fingerprint density at radius 1 is 0.714 bits per heavy atom. The van der Waals surface area contributed by atoms with Gasteiger partial charge in [0.2, 0.25) is 0 Å². The summed E-state index contributed by atoms with van der Waals surface area (Å²) in [6.45, 7) is 3.79. The molecule has 0 aliphatic heterocycles. The quantitative estimate of drug-likeness (QED) is 0.267. The van der Waals surface area contributed by atoms with Crippen LogP contribution in [-0.2, 0) is 17.6 Å². The highest BCUT2D eigenvalue weighted by atomic mass is 16.7. The SMILES string of the molecule is CC1=C(Cc2ccccc2)CC(OC2([N+](=O)[O-])C=CC(C)=C(Cc3ccccc3)C2)([N+](=O)[O-])C=C1. The summed E-state index contributed by atoms with van der Waals surface area (Å²) >= 11 is 0. The Morgan fingerprint density at radius 3 is 1.43 bits per heavy atom. The zero-order chi connectivity index (χ0) is 25.1. The van der Waals surface area contributed by atoms with Crippen LogP contribution in [0.3, 0.4) is 0 Å². The molecule has 2 aliphatic carbocycles. The second-order valence-corrected chi connectivity index (χ2v) is 9.22. The second-order valence-electron chi connectivity index (χ2n) is 9.22. The van der Waals surface area contributed by atoms with Crippen LogP contribution in [0.15, 0.2) is 107 Å². The number of nitro groups is 2. The highest BCUT2D eigenvalue weighted by Gasteiger charge is 2.57. The van der Waals surface area contributed by atoms with Crippen molar-refractivity contribution in [3.8, 4) is 0 Å². The van der Waals surface area contributed by atoms with E-state index in [1.807, 2.05) is 74.5 Å². The molecule has 0 heterocycles. The minimum absolute atomic E-state index is 0.0582. The van der Waals surface area contributed by atoms with Gasteiger partial charge in [-0.15, -0.1) is 0 Å². The number of allylic oxidation sites excluding steroid dienone is 4. The zero-order valence-electron chi connectivity index (χ0n) is 19.8. The van der Waals surface area contributed by atoms with Gasteiger partial charge in [-0.05, 0) is 37.8 Å². The largest absolute Gasteiger partial charge is 0.354 e. The monoisotopic (exact) mass is 472 g/mol. The van der Waals surface area contributed by atoms with E-state index in [1.54, 1.807) is 12.2 Å². The average molecular weight is 473 g/mol. The van der Waals surface area contributed by atoms with Crippen molar-refractivity contribution in [3.63, 3.8) is 0 Å². The van der Waals surface area contributed by atoms with Crippen molar-refractivity contribution < 1.29 is 14.6 Å². The van der Waals surface area contributed by atoms with Crippen LogP contribution in [0, 0.1) is 20.2 Å². The minimum Gasteiger partial charge on any atom is -0.261 e. The van der Waals surface area contributed by atoms with Gasteiger partial charge in [-0.25, -0.2) is 4.74 Å². The normalized spacial score (nSPS) is 24.1. The van der Waals surface area contributed by atoms with Gasteiger partial charge in [0, 0.05) is 12.2 Å². The Morgan fingerprint density at radius 2 is 1.09 bits per heavy atom. The molecule has 0 bridgehead atoms. The Balaban J connectivity index is 1.64. The van der Waals surface area contributed by atoms with Gasteiger partial charge in [-0.3, -0.25) is 20.2 Å². The Hall–Kier alpha value is -3.84. The van der Waals surface area contributed by atoms with E-state index in [4.69, 9.17) is 4.74 Å². The number of rotatable bonds is 8. The minimum atomic E-state index is -2.04. The first kappa shape index (κ1) is 24.3. The molecular weight excluding hydrogens is 444 g/mol. The summed E-state index contributed by atoms with van der Waals surface area (Å²) in [5.74, 6) is 0. The molecule has 2 unspecified atom stereocenters. The van der Waals surface area contributed by atoms with Crippen molar-refractivity contribution in [1.82, 2.24) is 0 Å². The Bertz CT molecular complexity index is 1150. The molecule has 2 atom stereocenters. The number of hydrogen-bond acceptors (Lipinski definition) is 5. The lowest BCUT2D eigenvalue weighted by Crippen LogP contribution is -2.53. The van der Waals surface area contributed by atoms with Crippen molar-refractivity contribution in [2.75, 3.05) is 0 Å². The molecule has 0 radical (unpaired) electrons. The van der Waals surface area contributed by atoms with Crippen LogP contribution in [0.2, 0.25) is 0 Å². The third-order valence-corrected chi connectivity index (χ3v) is 6.73. The maximum atomic E-state index is 12.4. The van der Waals surface area contributed by atoms with Crippen LogP contribution in [0.4, 0.5) is 0 Å². The average Bonchev–Trinajstić information content (AvgIpc) is 2.84. The predicted molar refractivity (Wildman–Crippen MR) is 134 cm³/mol. The fourth-order valence-corrected chi connectivity index (χ4v) is 4.61. The van der Waals surface area contributed by atoms with E-state index in [0.717, 1.165) is 33.4 Å². The summed E-state index contributed by atoms with van der Waals surface area (Å²) in [5.41, 5.74) is 1.41. The van der Waals surface area contributed by atoms with E-state index in [9.17, 15) is 20.2 Å². The third-order valence-electron chi connectivity index (χ3n) is 6.73. The molecule has 0 N–H and O–H groups in total. The molecule has 7 heteroatoms. The molecule has 4 rings (SSSR count). The molecule has 35 heavy (non-hydrogen) atoms. The first-order valence-electron chi connectivity index (χ1n) is 11.6. The van der Waals surface area contributed by atoms with Gasteiger partial charge >= 0.3 is 11.4 Å². The predicted octanol–water partition coefficient (Wildman–Crippen LogP) is 5.99. The zero-order valence-corrected chi connectivity index (χ0v) is 19.8. The van der Waals surface area contributed by atoms with E-state index in [-0.39, 0.29) is 12.8 Å². The van der Waals surface area contributed by atoms with Crippen LogP contribution in [0.1, 0.15) is 37.8 Å². The van der Waals surface area contributed by atoms with Crippen molar-refractivity contribution in [3.05, 3.63) is 139 Å². The third kappa shape index (κ3) is 5.15. The molecule has 0 spiro atoms. The Labute approximate surface area is 204 Å². The van der Waals surface area contributed by atoms with Gasteiger partial charge < -0.3 is 0 Å². The first-order chi connectivity index (χ1) is 16.7. The Kier molecular flexibility index (Phi) is 6.80. The highest BCUT2D eigenvalue weighted by molar-refractivity contribution is 5.37. The van der Waals surface area contributed by atoms with Gasteiger partial charge in [0.1, 0.15) is 0 Å². The van der Waals surface area contributed by atoms with Crippen molar-refractivity contribution >= 4 is 0 Å². The van der Waals surface area contributed by atoms with Gasteiger partial charge in [-0.2, -0.15) is 0 Å². The summed E-state index contributed by atoms with van der Waals surface area (Å²) < 4.78 is 6.02. The van der Waals surface area contributed by atoms with E-state index >= 15 is 0 Å². The van der Waals surface area contributed by atoms with E-state index < -0.39 is 21.3 Å². The van der Waals surface area contributed by atoms with Crippen LogP contribution < -0.4 is 0 Å². The summed E-state index contributed by atoms with van der Waals surface area (Å²) in [6, 6.07) is 19.3. The van der Waals surface area contributed by atoms with Gasteiger partial charge in [0.25, 0.3) is 0 Å². The van der Waals surface area contributed by atoms with E-state index in [2.05, 4.69) is 0 Å². The molecule has 2 aromatic carbocycles. The smallest absolute Gasteiger partial charge is 0.261 e.